The van der Waals surface area contributed by atoms with Crippen LogP contribution in [0.2, 0.25) is 0 Å². The number of halogens is 3. The van der Waals surface area contributed by atoms with E-state index in [-0.39, 0.29) is 12.5 Å². The Labute approximate surface area is 116 Å². The number of benzene rings is 1. The monoisotopic (exact) mass is 282 g/mol. The molecule has 5 heteroatoms. The van der Waals surface area contributed by atoms with Crippen molar-refractivity contribution in [3.63, 3.8) is 0 Å². The topological polar surface area (TPSA) is 24.9 Å². The lowest BCUT2D eigenvalue weighted by Crippen LogP contribution is -2.20. The van der Waals surface area contributed by atoms with Gasteiger partial charge in [0.05, 0.1) is 11.2 Å². The molecule has 2 nitrogen and oxygen atoms in total. The molecule has 0 radical (unpaired) electrons. The Morgan fingerprint density at radius 1 is 1.25 bits per heavy atom. The first-order chi connectivity index (χ1) is 9.40. The van der Waals surface area contributed by atoms with Crippen LogP contribution in [0.25, 0.3) is 10.9 Å². The van der Waals surface area contributed by atoms with Gasteiger partial charge in [0, 0.05) is 17.8 Å². The zero-order chi connectivity index (χ0) is 14.8. The quantitative estimate of drug-likeness (QED) is 0.911. The molecule has 0 aliphatic carbocycles. The molecular weight excluding hydrogens is 265 g/mol. The van der Waals surface area contributed by atoms with Crippen LogP contribution in [0.1, 0.15) is 30.1 Å². The van der Waals surface area contributed by atoms with Gasteiger partial charge in [0.15, 0.2) is 0 Å². The summed E-state index contributed by atoms with van der Waals surface area (Å²) in [5.41, 5.74) is 2.50. The van der Waals surface area contributed by atoms with Gasteiger partial charge in [-0.1, -0.05) is 18.2 Å². The number of nitrogens with zero attached hydrogens (tertiary/aromatic N) is 1. The number of pyridine rings is 1. The molecule has 108 valence electrons. The van der Waals surface area contributed by atoms with Crippen LogP contribution >= 0.6 is 0 Å². The third-order valence-corrected chi connectivity index (χ3v) is 3.36. The van der Waals surface area contributed by atoms with Gasteiger partial charge >= 0.3 is 6.18 Å². The molecule has 0 saturated carbocycles. The van der Waals surface area contributed by atoms with Crippen molar-refractivity contribution in [2.75, 3.05) is 7.05 Å². The van der Waals surface area contributed by atoms with E-state index in [0.29, 0.717) is 5.69 Å². The summed E-state index contributed by atoms with van der Waals surface area (Å²) in [7, 11) is 1.66. The summed E-state index contributed by atoms with van der Waals surface area (Å²) < 4.78 is 37.1. The van der Waals surface area contributed by atoms with Gasteiger partial charge in [0.2, 0.25) is 0 Å². The summed E-state index contributed by atoms with van der Waals surface area (Å²) in [4.78, 5) is 4.48. The minimum Gasteiger partial charge on any atom is -0.312 e. The number of para-hydroxylation sites is 1. The fourth-order valence-corrected chi connectivity index (χ4v) is 2.30. The van der Waals surface area contributed by atoms with E-state index < -0.39 is 12.6 Å². The molecule has 2 aromatic rings. The van der Waals surface area contributed by atoms with Crippen LogP contribution in [0.4, 0.5) is 13.2 Å². The second-order valence-corrected chi connectivity index (χ2v) is 4.88. The number of nitrogens with one attached hydrogen (secondary N) is 1. The molecule has 2 rings (SSSR count). The van der Waals surface area contributed by atoms with E-state index in [1.54, 1.807) is 7.05 Å². The van der Waals surface area contributed by atoms with Gasteiger partial charge in [-0.05, 0) is 38.1 Å². The predicted octanol–water partition coefficient (Wildman–Crippen LogP) is 4.15. The van der Waals surface area contributed by atoms with E-state index in [1.807, 2.05) is 37.3 Å². The van der Waals surface area contributed by atoms with Crippen LogP contribution in [-0.4, -0.2) is 18.2 Å². The Hall–Kier alpha value is -1.62. The highest BCUT2D eigenvalue weighted by Gasteiger charge is 2.28. The fourth-order valence-electron chi connectivity index (χ4n) is 2.30. The van der Waals surface area contributed by atoms with E-state index >= 15 is 0 Å². The predicted molar refractivity (Wildman–Crippen MR) is 73.6 cm³/mol. The lowest BCUT2D eigenvalue weighted by atomic mass is 10.0. The lowest BCUT2D eigenvalue weighted by molar-refractivity contribution is -0.136. The van der Waals surface area contributed by atoms with Gasteiger partial charge < -0.3 is 5.32 Å². The second kappa shape index (κ2) is 5.79. The van der Waals surface area contributed by atoms with Crippen molar-refractivity contribution in [2.45, 2.75) is 32.0 Å². The first kappa shape index (κ1) is 14.8. The molecule has 1 aromatic carbocycles. The zero-order valence-corrected chi connectivity index (χ0v) is 11.5. The number of aryl methyl sites for hydroxylation is 1. The van der Waals surface area contributed by atoms with Gasteiger partial charge in [0.1, 0.15) is 0 Å². The molecule has 1 aromatic heterocycles. The Kier molecular flexibility index (Phi) is 4.28. The molecule has 1 N–H and O–H groups in total. The highest BCUT2D eigenvalue weighted by Crippen LogP contribution is 2.28. The number of aromatic nitrogens is 1. The smallest absolute Gasteiger partial charge is 0.312 e. The van der Waals surface area contributed by atoms with Crippen molar-refractivity contribution < 1.29 is 13.2 Å². The van der Waals surface area contributed by atoms with Crippen LogP contribution in [0.15, 0.2) is 30.3 Å². The standard InChI is InChI=1S/C15H17F3N2/c1-10-9-14(13(19-2)7-8-15(16,17)18)20-12-6-4-3-5-11(10)12/h3-6,9,13,19H,7-8H2,1-2H3. The maximum absolute atomic E-state index is 12.4. The highest BCUT2D eigenvalue weighted by atomic mass is 19.4. The second-order valence-electron chi connectivity index (χ2n) is 4.88. The molecule has 1 heterocycles. The first-order valence-corrected chi connectivity index (χ1v) is 6.51. The summed E-state index contributed by atoms with van der Waals surface area (Å²) in [5.74, 6) is 0. The molecular formula is C15H17F3N2. The third kappa shape index (κ3) is 3.48. The Morgan fingerprint density at radius 2 is 1.95 bits per heavy atom. The summed E-state index contributed by atoms with van der Waals surface area (Å²) in [6.07, 6.45) is -4.96. The molecule has 0 aliphatic rings. The van der Waals surface area contributed by atoms with Gasteiger partial charge in [0.25, 0.3) is 0 Å². The summed E-state index contributed by atoms with van der Waals surface area (Å²) >= 11 is 0. The molecule has 1 unspecified atom stereocenters. The summed E-state index contributed by atoms with van der Waals surface area (Å²) in [5, 5.41) is 3.95. The number of alkyl halides is 3. The molecule has 0 spiro atoms. The van der Waals surface area contributed by atoms with Gasteiger partial charge in [-0.15, -0.1) is 0 Å². The minimum absolute atomic E-state index is 0.00915. The Bertz CT molecular complexity index is 593. The van der Waals surface area contributed by atoms with Crippen LogP contribution in [-0.2, 0) is 0 Å². The third-order valence-electron chi connectivity index (χ3n) is 3.36. The summed E-state index contributed by atoms with van der Waals surface area (Å²) in [6.45, 7) is 1.95. The normalized spacial score (nSPS) is 13.7. The molecule has 20 heavy (non-hydrogen) atoms. The Morgan fingerprint density at radius 3 is 2.60 bits per heavy atom. The van der Waals surface area contributed by atoms with E-state index in [9.17, 15) is 13.2 Å². The van der Waals surface area contributed by atoms with Crippen molar-refractivity contribution in [1.82, 2.24) is 10.3 Å². The number of rotatable bonds is 4. The summed E-state index contributed by atoms with van der Waals surface area (Å²) in [6, 6.07) is 9.12. The van der Waals surface area contributed by atoms with Crippen LogP contribution in [0, 0.1) is 6.92 Å². The lowest BCUT2D eigenvalue weighted by Gasteiger charge is -2.18. The van der Waals surface area contributed by atoms with E-state index in [1.165, 1.54) is 0 Å². The molecule has 0 amide bonds. The van der Waals surface area contributed by atoms with E-state index in [4.69, 9.17) is 0 Å². The molecule has 0 saturated heterocycles. The Balaban J connectivity index is 2.30. The van der Waals surface area contributed by atoms with Crippen LogP contribution in [0.5, 0.6) is 0 Å². The zero-order valence-electron chi connectivity index (χ0n) is 11.5. The highest BCUT2D eigenvalue weighted by molar-refractivity contribution is 5.82. The molecule has 1 atom stereocenters. The van der Waals surface area contributed by atoms with E-state index in [0.717, 1.165) is 16.5 Å². The maximum atomic E-state index is 12.4. The van der Waals surface area contributed by atoms with Gasteiger partial charge in [-0.2, -0.15) is 13.2 Å². The van der Waals surface area contributed by atoms with Gasteiger partial charge in [-0.3, -0.25) is 4.98 Å². The maximum Gasteiger partial charge on any atom is 0.389 e. The number of hydrogen-bond donors (Lipinski definition) is 1. The molecule has 0 fully saturated rings. The van der Waals surface area contributed by atoms with Crippen LogP contribution in [0.3, 0.4) is 0 Å². The first-order valence-electron chi connectivity index (χ1n) is 6.51. The van der Waals surface area contributed by atoms with Crippen molar-refractivity contribution in [2.24, 2.45) is 0 Å². The van der Waals surface area contributed by atoms with Crippen molar-refractivity contribution in [3.05, 3.63) is 41.6 Å². The van der Waals surface area contributed by atoms with Crippen molar-refractivity contribution in [1.29, 1.82) is 0 Å². The van der Waals surface area contributed by atoms with Crippen LogP contribution < -0.4 is 5.32 Å². The largest absolute Gasteiger partial charge is 0.389 e. The fraction of sp³-hybridized carbons (Fsp3) is 0.400. The van der Waals surface area contributed by atoms with Crippen molar-refractivity contribution in [3.8, 4) is 0 Å². The SMILES string of the molecule is CNC(CCC(F)(F)F)c1cc(C)c2ccccc2n1. The van der Waals surface area contributed by atoms with E-state index in [2.05, 4.69) is 10.3 Å². The molecule has 0 bridgehead atoms. The average molecular weight is 282 g/mol. The average Bonchev–Trinajstić information content (AvgIpc) is 2.38. The number of hydrogen-bond acceptors (Lipinski definition) is 2. The number of fused-ring (bicyclic) bond motifs is 1. The van der Waals surface area contributed by atoms with Gasteiger partial charge in [-0.25, -0.2) is 0 Å². The minimum atomic E-state index is -4.14. The van der Waals surface area contributed by atoms with Crippen molar-refractivity contribution >= 4 is 10.9 Å². The molecule has 0 aliphatic heterocycles.